The van der Waals surface area contributed by atoms with Crippen LogP contribution in [0.2, 0.25) is 0 Å². The standard InChI is InChI=1S/C15H22N2O3/c1-11(2)12-6-8-13(9-7-12)17-15(20)16-10-4-3-5-14(18)19/h6-9,11H,3-5,10H2,1-2H3,(H,18,19)(H2,16,17,20). The third-order valence-corrected chi connectivity index (χ3v) is 2.94. The second-order valence-electron chi connectivity index (χ2n) is 5.01. The molecule has 0 saturated carbocycles. The molecule has 0 fully saturated rings. The fourth-order valence-corrected chi connectivity index (χ4v) is 1.73. The van der Waals surface area contributed by atoms with Crippen molar-refractivity contribution in [1.29, 1.82) is 0 Å². The summed E-state index contributed by atoms with van der Waals surface area (Å²) in [6.07, 6.45) is 1.37. The molecule has 0 aliphatic rings. The number of hydrogen-bond acceptors (Lipinski definition) is 2. The van der Waals surface area contributed by atoms with Gasteiger partial charge in [0.2, 0.25) is 0 Å². The number of rotatable bonds is 7. The van der Waals surface area contributed by atoms with Gasteiger partial charge in [0, 0.05) is 18.7 Å². The largest absolute Gasteiger partial charge is 0.481 e. The Bertz CT molecular complexity index is 441. The lowest BCUT2D eigenvalue weighted by Gasteiger charge is -2.09. The molecule has 20 heavy (non-hydrogen) atoms. The van der Waals surface area contributed by atoms with Crippen LogP contribution in [-0.2, 0) is 4.79 Å². The summed E-state index contributed by atoms with van der Waals surface area (Å²) in [7, 11) is 0. The zero-order valence-corrected chi connectivity index (χ0v) is 12.0. The molecule has 0 radical (unpaired) electrons. The Morgan fingerprint density at radius 3 is 2.35 bits per heavy atom. The van der Waals surface area contributed by atoms with Gasteiger partial charge in [-0.25, -0.2) is 4.79 Å². The first-order valence-electron chi connectivity index (χ1n) is 6.85. The number of benzene rings is 1. The number of carbonyl (C=O) groups excluding carboxylic acids is 1. The molecule has 0 aromatic heterocycles. The lowest BCUT2D eigenvalue weighted by atomic mass is 10.0. The number of anilines is 1. The minimum Gasteiger partial charge on any atom is -0.481 e. The average Bonchev–Trinajstić information content (AvgIpc) is 2.38. The highest BCUT2D eigenvalue weighted by Gasteiger charge is 2.03. The van der Waals surface area contributed by atoms with Gasteiger partial charge in [0.1, 0.15) is 0 Å². The number of unbranched alkanes of at least 4 members (excludes halogenated alkanes) is 1. The Labute approximate surface area is 119 Å². The van der Waals surface area contributed by atoms with Crippen molar-refractivity contribution in [3.05, 3.63) is 29.8 Å². The number of carboxylic acids is 1. The van der Waals surface area contributed by atoms with Crippen LogP contribution in [0.5, 0.6) is 0 Å². The molecule has 0 aliphatic carbocycles. The van der Waals surface area contributed by atoms with Gasteiger partial charge in [-0.2, -0.15) is 0 Å². The maximum atomic E-state index is 11.6. The van der Waals surface area contributed by atoms with E-state index in [1.54, 1.807) is 0 Å². The maximum Gasteiger partial charge on any atom is 0.319 e. The minimum absolute atomic E-state index is 0.139. The molecule has 2 amide bonds. The van der Waals surface area contributed by atoms with Gasteiger partial charge in [0.15, 0.2) is 0 Å². The second-order valence-corrected chi connectivity index (χ2v) is 5.01. The molecule has 1 aromatic rings. The van der Waals surface area contributed by atoms with Gasteiger partial charge in [0.05, 0.1) is 0 Å². The van der Waals surface area contributed by atoms with Gasteiger partial charge in [-0.15, -0.1) is 0 Å². The fraction of sp³-hybridized carbons (Fsp3) is 0.467. The van der Waals surface area contributed by atoms with Crippen LogP contribution >= 0.6 is 0 Å². The van der Waals surface area contributed by atoms with Crippen LogP contribution in [0.15, 0.2) is 24.3 Å². The molecule has 5 heteroatoms. The first-order valence-corrected chi connectivity index (χ1v) is 6.85. The predicted molar refractivity (Wildman–Crippen MR) is 79.0 cm³/mol. The van der Waals surface area contributed by atoms with Crippen molar-refractivity contribution in [2.24, 2.45) is 0 Å². The third-order valence-electron chi connectivity index (χ3n) is 2.94. The van der Waals surface area contributed by atoms with Crippen molar-refractivity contribution >= 4 is 17.7 Å². The molecule has 0 saturated heterocycles. The molecule has 0 bridgehead atoms. The van der Waals surface area contributed by atoms with Crippen LogP contribution in [0.4, 0.5) is 10.5 Å². The van der Waals surface area contributed by atoms with Crippen LogP contribution in [0, 0.1) is 0 Å². The molecule has 3 N–H and O–H groups in total. The highest BCUT2D eigenvalue weighted by atomic mass is 16.4. The maximum absolute atomic E-state index is 11.6. The average molecular weight is 278 g/mol. The van der Waals surface area contributed by atoms with Gasteiger partial charge in [-0.3, -0.25) is 4.79 Å². The summed E-state index contributed by atoms with van der Waals surface area (Å²) in [5, 5.41) is 13.9. The summed E-state index contributed by atoms with van der Waals surface area (Å²) in [4.78, 5) is 21.9. The Kier molecular flexibility index (Phi) is 6.56. The highest BCUT2D eigenvalue weighted by molar-refractivity contribution is 5.89. The topological polar surface area (TPSA) is 78.4 Å². The van der Waals surface area contributed by atoms with Crippen molar-refractivity contribution < 1.29 is 14.7 Å². The minimum atomic E-state index is -0.806. The molecule has 1 aromatic carbocycles. The van der Waals surface area contributed by atoms with Crippen LogP contribution in [0.1, 0.15) is 44.6 Å². The summed E-state index contributed by atoms with van der Waals surface area (Å²) >= 11 is 0. The normalized spacial score (nSPS) is 10.3. The van der Waals surface area contributed by atoms with Gasteiger partial charge in [-0.1, -0.05) is 26.0 Å². The van der Waals surface area contributed by atoms with Gasteiger partial charge in [-0.05, 0) is 36.5 Å². The molecule has 0 unspecified atom stereocenters. The first kappa shape index (κ1) is 16.0. The molecule has 5 nitrogen and oxygen atoms in total. The van der Waals surface area contributed by atoms with E-state index in [0.717, 1.165) is 5.69 Å². The second kappa shape index (κ2) is 8.19. The lowest BCUT2D eigenvalue weighted by molar-refractivity contribution is -0.137. The molecule has 110 valence electrons. The number of nitrogens with one attached hydrogen (secondary N) is 2. The molecule has 0 aliphatic heterocycles. The van der Waals surface area contributed by atoms with E-state index in [-0.39, 0.29) is 12.5 Å². The van der Waals surface area contributed by atoms with E-state index in [1.165, 1.54) is 5.56 Å². The van der Waals surface area contributed by atoms with Crippen LogP contribution in [0.25, 0.3) is 0 Å². The first-order chi connectivity index (χ1) is 9.49. The Morgan fingerprint density at radius 1 is 1.15 bits per heavy atom. The monoisotopic (exact) mass is 278 g/mol. The van der Waals surface area contributed by atoms with E-state index in [9.17, 15) is 9.59 Å². The van der Waals surface area contributed by atoms with Crippen molar-refractivity contribution in [3.63, 3.8) is 0 Å². The van der Waals surface area contributed by atoms with E-state index in [4.69, 9.17) is 5.11 Å². The third kappa shape index (κ3) is 6.22. The van der Waals surface area contributed by atoms with Crippen LogP contribution in [0.3, 0.4) is 0 Å². The Hall–Kier alpha value is -2.04. The van der Waals surface area contributed by atoms with Crippen molar-refractivity contribution in [2.75, 3.05) is 11.9 Å². The van der Waals surface area contributed by atoms with E-state index in [0.29, 0.717) is 25.3 Å². The molecule has 0 heterocycles. The molecule has 1 rings (SSSR count). The van der Waals surface area contributed by atoms with Crippen molar-refractivity contribution in [2.45, 2.75) is 39.0 Å². The van der Waals surface area contributed by atoms with Gasteiger partial charge < -0.3 is 15.7 Å². The fourth-order valence-electron chi connectivity index (χ4n) is 1.73. The van der Waals surface area contributed by atoms with Gasteiger partial charge >= 0.3 is 12.0 Å². The number of carboxylic acid groups (broad SMARTS) is 1. The van der Waals surface area contributed by atoms with E-state index in [2.05, 4.69) is 24.5 Å². The smallest absolute Gasteiger partial charge is 0.319 e. The SMILES string of the molecule is CC(C)c1ccc(NC(=O)NCCCCC(=O)O)cc1. The number of amides is 2. The van der Waals surface area contributed by atoms with Crippen molar-refractivity contribution in [3.8, 4) is 0 Å². The van der Waals surface area contributed by atoms with Crippen LogP contribution in [-0.4, -0.2) is 23.7 Å². The summed E-state index contributed by atoms with van der Waals surface area (Å²) in [6.45, 7) is 4.71. The number of aliphatic carboxylic acids is 1. The van der Waals surface area contributed by atoms with Crippen molar-refractivity contribution in [1.82, 2.24) is 5.32 Å². The zero-order valence-electron chi connectivity index (χ0n) is 12.0. The van der Waals surface area contributed by atoms with Gasteiger partial charge in [0.25, 0.3) is 0 Å². The molecule has 0 atom stereocenters. The molecule has 0 spiro atoms. The number of urea groups is 1. The number of carbonyl (C=O) groups is 2. The predicted octanol–water partition coefficient (Wildman–Crippen LogP) is 3.19. The summed E-state index contributed by atoms with van der Waals surface area (Å²) in [6, 6.07) is 7.47. The quantitative estimate of drug-likeness (QED) is 0.670. The summed E-state index contributed by atoms with van der Waals surface area (Å²) in [5.74, 6) is -0.341. The lowest BCUT2D eigenvalue weighted by Crippen LogP contribution is -2.29. The highest BCUT2D eigenvalue weighted by Crippen LogP contribution is 2.16. The Balaban J connectivity index is 2.26. The zero-order chi connectivity index (χ0) is 15.0. The number of hydrogen-bond donors (Lipinski definition) is 3. The van der Waals surface area contributed by atoms with E-state index >= 15 is 0 Å². The molecular formula is C15H22N2O3. The van der Waals surface area contributed by atoms with E-state index in [1.807, 2.05) is 24.3 Å². The summed E-state index contributed by atoms with van der Waals surface area (Å²) < 4.78 is 0. The Morgan fingerprint density at radius 2 is 1.80 bits per heavy atom. The molecular weight excluding hydrogens is 256 g/mol. The van der Waals surface area contributed by atoms with Crippen LogP contribution < -0.4 is 10.6 Å². The summed E-state index contributed by atoms with van der Waals surface area (Å²) in [5.41, 5.74) is 1.97. The van der Waals surface area contributed by atoms with E-state index < -0.39 is 5.97 Å².